The second-order valence-electron chi connectivity index (χ2n) is 4.39. The summed E-state index contributed by atoms with van der Waals surface area (Å²) in [4.78, 5) is 4.19. The van der Waals surface area contributed by atoms with E-state index in [9.17, 15) is 4.39 Å². The van der Waals surface area contributed by atoms with Crippen molar-refractivity contribution in [3.05, 3.63) is 63.6 Å². The van der Waals surface area contributed by atoms with E-state index in [1.54, 1.807) is 30.3 Å². The minimum absolute atomic E-state index is 0.00957. The lowest BCUT2D eigenvalue weighted by Crippen LogP contribution is -1.99. The Hall–Kier alpha value is -1.92. The topological polar surface area (TPSA) is 48.2 Å². The molecule has 0 atom stereocenters. The molecule has 0 bridgehead atoms. The Kier molecular flexibility index (Phi) is 4.40. The predicted molar refractivity (Wildman–Crippen MR) is 83.2 cm³/mol. The lowest BCUT2D eigenvalue weighted by molar-refractivity contribution is 0.273. The van der Waals surface area contributed by atoms with Crippen LogP contribution in [0.5, 0.6) is 5.75 Å². The zero-order valence-electron chi connectivity index (χ0n) is 11.1. The van der Waals surface area contributed by atoms with Crippen LogP contribution in [0.15, 0.2) is 51.5 Å². The van der Waals surface area contributed by atoms with Gasteiger partial charge in [0.1, 0.15) is 0 Å². The quantitative estimate of drug-likeness (QED) is 0.645. The zero-order chi connectivity index (χ0) is 15.5. The summed E-state index contributed by atoms with van der Waals surface area (Å²) in [6.07, 6.45) is 0. The van der Waals surface area contributed by atoms with E-state index in [1.807, 2.05) is 0 Å². The summed E-state index contributed by atoms with van der Waals surface area (Å²) in [5, 5.41) is 4.42. The Morgan fingerprint density at radius 2 is 1.95 bits per heavy atom. The molecular weight excluding hydrogens is 375 g/mol. The smallest absolute Gasteiger partial charge is 0.258 e. The molecule has 0 spiro atoms. The lowest BCUT2D eigenvalue weighted by Gasteiger charge is -2.04. The minimum Gasteiger partial charge on any atom is -0.482 e. The first-order chi connectivity index (χ1) is 10.6. The van der Waals surface area contributed by atoms with Gasteiger partial charge in [0.15, 0.2) is 18.2 Å². The van der Waals surface area contributed by atoms with Crippen molar-refractivity contribution in [1.82, 2.24) is 10.1 Å². The third kappa shape index (κ3) is 3.45. The van der Waals surface area contributed by atoms with E-state index in [0.717, 1.165) is 5.56 Å². The molecule has 4 nitrogen and oxygen atoms in total. The Balaban J connectivity index is 1.70. The molecule has 7 heteroatoms. The largest absolute Gasteiger partial charge is 0.482 e. The lowest BCUT2D eigenvalue weighted by atomic mass is 10.2. The van der Waals surface area contributed by atoms with Crippen LogP contribution in [0.25, 0.3) is 11.5 Å². The van der Waals surface area contributed by atoms with Crippen molar-refractivity contribution in [2.45, 2.75) is 6.61 Å². The number of nitrogens with zero attached hydrogens (tertiary/aromatic N) is 2. The first-order valence-corrected chi connectivity index (χ1v) is 7.45. The van der Waals surface area contributed by atoms with Crippen molar-refractivity contribution in [3.63, 3.8) is 0 Å². The third-order valence-corrected chi connectivity index (χ3v) is 3.56. The van der Waals surface area contributed by atoms with E-state index in [4.69, 9.17) is 20.9 Å². The molecule has 3 aromatic rings. The second-order valence-corrected chi connectivity index (χ2v) is 5.74. The number of benzene rings is 2. The van der Waals surface area contributed by atoms with Crippen LogP contribution in [0, 0.1) is 5.82 Å². The number of halogens is 3. The van der Waals surface area contributed by atoms with Crippen molar-refractivity contribution in [2.75, 3.05) is 0 Å². The van der Waals surface area contributed by atoms with Crippen molar-refractivity contribution in [2.24, 2.45) is 0 Å². The van der Waals surface area contributed by atoms with Crippen LogP contribution < -0.4 is 4.74 Å². The minimum atomic E-state index is -0.462. The molecular formula is C15H9BrClFN2O2. The third-order valence-electron chi connectivity index (χ3n) is 2.81. The summed E-state index contributed by atoms with van der Waals surface area (Å²) in [5.74, 6) is 0.343. The molecule has 0 aliphatic rings. The fourth-order valence-electron chi connectivity index (χ4n) is 1.76. The predicted octanol–water partition coefficient (Wildman–Crippen LogP) is 4.87. The maximum Gasteiger partial charge on any atom is 0.258 e. The molecule has 112 valence electrons. The molecule has 0 radical (unpaired) electrons. The molecule has 1 aromatic heterocycles. The Labute approximate surface area is 139 Å². The summed E-state index contributed by atoms with van der Waals surface area (Å²) in [7, 11) is 0. The molecule has 0 amide bonds. The molecule has 0 unspecified atom stereocenters. The van der Waals surface area contributed by atoms with E-state index in [-0.39, 0.29) is 12.4 Å². The molecule has 0 fully saturated rings. The second kappa shape index (κ2) is 6.46. The number of ether oxygens (including phenoxy) is 1. The van der Waals surface area contributed by atoms with Gasteiger partial charge >= 0.3 is 0 Å². The maximum atomic E-state index is 13.6. The van der Waals surface area contributed by atoms with E-state index in [0.29, 0.717) is 21.2 Å². The van der Waals surface area contributed by atoms with Crippen LogP contribution in [0.3, 0.4) is 0 Å². The van der Waals surface area contributed by atoms with Crippen molar-refractivity contribution < 1.29 is 13.7 Å². The van der Waals surface area contributed by atoms with Crippen LogP contribution >= 0.6 is 27.5 Å². The van der Waals surface area contributed by atoms with Crippen LogP contribution in [-0.4, -0.2) is 10.1 Å². The molecule has 0 aliphatic carbocycles. The van der Waals surface area contributed by atoms with Gasteiger partial charge in [-0.15, -0.1) is 0 Å². The van der Waals surface area contributed by atoms with Gasteiger partial charge in [-0.25, -0.2) is 4.39 Å². The molecule has 1 heterocycles. The Bertz CT molecular complexity index is 792. The fourth-order valence-corrected chi connectivity index (χ4v) is 2.22. The van der Waals surface area contributed by atoms with Gasteiger partial charge in [0.2, 0.25) is 5.82 Å². The fraction of sp³-hybridized carbons (Fsp3) is 0.0667. The first-order valence-electron chi connectivity index (χ1n) is 6.28. The average Bonchev–Trinajstić information content (AvgIpc) is 2.96. The van der Waals surface area contributed by atoms with Crippen LogP contribution in [-0.2, 0) is 6.61 Å². The molecule has 0 saturated heterocycles. The molecule has 0 N–H and O–H groups in total. The highest BCUT2D eigenvalue weighted by Gasteiger charge is 2.11. The number of hydrogen-bond donors (Lipinski definition) is 0. The summed E-state index contributed by atoms with van der Waals surface area (Å²) < 4.78 is 24.8. The molecule has 2 aromatic carbocycles. The normalized spacial score (nSPS) is 10.7. The van der Waals surface area contributed by atoms with Gasteiger partial charge in [-0.3, -0.25) is 0 Å². The number of rotatable bonds is 4. The van der Waals surface area contributed by atoms with E-state index in [2.05, 4.69) is 26.1 Å². The highest BCUT2D eigenvalue weighted by molar-refractivity contribution is 9.10. The maximum absolute atomic E-state index is 13.6. The molecule has 22 heavy (non-hydrogen) atoms. The summed E-state index contributed by atoms with van der Waals surface area (Å²) in [6.45, 7) is 0.00957. The summed E-state index contributed by atoms with van der Waals surface area (Å²) >= 11 is 9.00. The van der Waals surface area contributed by atoms with Gasteiger partial charge in [0.25, 0.3) is 5.89 Å². The van der Waals surface area contributed by atoms with Gasteiger partial charge in [0, 0.05) is 15.1 Å². The van der Waals surface area contributed by atoms with Crippen LogP contribution in [0.4, 0.5) is 4.39 Å². The van der Waals surface area contributed by atoms with Gasteiger partial charge in [-0.2, -0.15) is 4.98 Å². The van der Waals surface area contributed by atoms with E-state index >= 15 is 0 Å². The standard InChI is InChI=1S/C15H9BrClFN2O2/c16-10-3-6-13(12(18)7-10)21-8-14-19-15(22-20-14)9-1-4-11(17)5-2-9/h1-7H,8H2. The van der Waals surface area contributed by atoms with Gasteiger partial charge in [-0.1, -0.05) is 32.7 Å². The van der Waals surface area contributed by atoms with Crippen LogP contribution in [0.1, 0.15) is 5.82 Å². The average molecular weight is 384 g/mol. The number of hydrogen-bond acceptors (Lipinski definition) is 4. The zero-order valence-corrected chi connectivity index (χ0v) is 13.4. The highest BCUT2D eigenvalue weighted by Crippen LogP contribution is 2.23. The van der Waals surface area contributed by atoms with Gasteiger partial charge in [-0.05, 0) is 42.5 Å². The molecule has 3 rings (SSSR count). The Morgan fingerprint density at radius 3 is 2.68 bits per heavy atom. The van der Waals surface area contributed by atoms with Gasteiger partial charge in [0.05, 0.1) is 0 Å². The summed E-state index contributed by atoms with van der Waals surface area (Å²) in [5.41, 5.74) is 0.748. The van der Waals surface area contributed by atoms with Gasteiger partial charge < -0.3 is 9.26 Å². The van der Waals surface area contributed by atoms with Crippen LogP contribution in [0.2, 0.25) is 5.02 Å². The Morgan fingerprint density at radius 1 is 1.18 bits per heavy atom. The summed E-state index contributed by atoms with van der Waals surface area (Å²) in [6, 6.07) is 11.5. The van der Waals surface area contributed by atoms with E-state index in [1.165, 1.54) is 12.1 Å². The van der Waals surface area contributed by atoms with Crippen molar-refractivity contribution in [3.8, 4) is 17.2 Å². The SMILES string of the molecule is Fc1cc(Br)ccc1OCc1noc(-c2ccc(Cl)cc2)n1. The van der Waals surface area contributed by atoms with Crippen molar-refractivity contribution in [1.29, 1.82) is 0 Å². The molecule has 0 aliphatic heterocycles. The van der Waals surface area contributed by atoms with E-state index < -0.39 is 5.82 Å². The molecule has 0 saturated carbocycles. The first kappa shape index (κ1) is 15.0. The monoisotopic (exact) mass is 382 g/mol. The van der Waals surface area contributed by atoms with Crippen molar-refractivity contribution >= 4 is 27.5 Å². The number of aromatic nitrogens is 2. The highest BCUT2D eigenvalue weighted by atomic mass is 79.9.